The largest absolute Gasteiger partial charge is 0.466 e. The standard InChI is InChI=1S/C28H54O2/c1-3-5-7-8-9-10-11-12-13-14-15-16-17-18-19-20-21-22-23-24-25-26-28(29)30-27-6-4-2/h12-13H,3-11,14-27H2,1-2H3/b13-12-. The van der Waals surface area contributed by atoms with Crippen LogP contribution in [-0.4, -0.2) is 12.6 Å². The summed E-state index contributed by atoms with van der Waals surface area (Å²) >= 11 is 0. The summed E-state index contributed by atoms with van der Waals surface area (Å²) in [6.07, 6.45) is 33.0. The third-order valence-electron chi connectivity index (χ3n) is 5.90. The second kappa shape index (κ2) is 26.2. The lowest BCUT2D eigenvalue weighted by Gasteiger charge is -2.04. The van der Waals surface area contributed by atoms with Gasteiger partial charge in [-0.3, -0.25) is 4.79 Å². The number of carbonyl (C=O) groups is 1. The minimum atomic E-state index is -0.00301. The highest BCUT2D eigenvalue weighted by molar-refractivity contribution is 5.69. The monoisotopic (exact) mass is 422 g/mol. The highest BCUT2D eigenvalue weighted by Gasteiger charge is 2.01. The molecule has 0 aromatic heterocycles. The number of esters is 1. The first kappa shape index (κ1) is 29.2. The number of carbonyl (C=O) groups excluding carboxylic acids is 1. The predicted molar refractivity (Wildman–Crippen MR) is 133 cm³/mol. The van der Waals surface area contributed by atoms with Crippen LogP contribution in [0.25, 0.3) is 0 Å². The average molecular weight is 423 g/mol. The first-order chi connectivity index (χ1) is 14.8. The number of rotatable bonds is 24. The van der Waals surface area contributed by atoms with Crippen molar-refractivity contribution < 1.29 is 9.53 Å². The molecule has 0 saturated carbocycles. The zero-order chi connectivity index (χ0) is 22.0. The van der Waals surface area contributed by atoms with Gasteiger partial charge in [-0.15, -0.1) is 0 Å². The van der Waals surface area contributed by atoms with E-state index >= 15 is 0 Å². The third-order valence-corrected chi connectivity index (χ3v) is 5.90. The van der Waals surface area contributed by atoms with E-state index in [-0.39, 0.29) is 5.97 Å². The van der Waals surface area contributed by atoms with Gasteiger partial charge < -0.3 is 4.74 Å². The third kappa shape index (κ3) is 25.2. The molecule has 2 heteroatoms. The number of allylic oxidation sites excluding steroid dienone is 2. The number of unbranched alkanes of at least 4 members (excludes halogenated alkanes) is 18. The maximum atomic E-state index is 11.5. The molecule has 0 aromatic carbocycles. The quantitative estimate of drug-likeness (QED) is 0.0878. The summed E-state index contributed by atoms with van der Waals surface area (Å²) in [5.74, 6) is -0.00301. The molecule has 0 rings (SSSR count). The minimum Gasteiger partial charge on any atom is -0.466 e. The van der Waals surface area contributed by atoms with E-state index in [0.717, 1.165) is 19.3 Å². The van der Waals surface area contributed by atoms with E-state index < -0.39 is 0 Å². The summed E-state index contributed by atoms with van der Waals surface area (Å²) in [7, 11) is 0. The van der Waals surface area contributed by atoms with E-state index in [0.29, 0.717) is 13.0 Å². The summed E-state index contributed by atoms with van der Waals surface area (Å²) in [5, 5.41) is 0. The molecular formula is C28H54O2. The lowest BCUT2D eigenvalue weighted by Crippen LogP contribution is -2.05. The van der Waals surface area contributed by atoms with E-state index in [1.165, 1.54) is 116 Å². The van der Waals surface area contributed by atoms with Crippen LogP contribution in [0.15, 0.2) is 12.2 Å². The van der Waals surface area contributed by atoms with Gasteiger partial charge in [0.25, 0.3) is 0 Å². The molecule has 0 aliphatic heterocycles. The van der Waals surface area contributed by atoms with Gasteiger partial charge in [-0.1, -0.05) is 122 Å². The highest BCUT2D eigenvalue weighted by Crippen LogP contribution is 2.13. The van der Waals surface area contributed by atoms with E-state index in [1.807, 2.05) is 0 Å². The Morgan fingerprint density at radius 3 is 1.40 bits per heavy atom. The Kier molecular flexibility index (Phi) is 25.6. The van der Waals surface area contributed by atoms with Gasteiger partial charge in [-0.05, 0) is 38.5 Å². The van der Waals surface area contributed by atoms with Crippen molar-refractivity contribution in [2.45, 2.75) is 155 Å². The molecule has 2 nitrogen and oxygen atoms in total. The molecule has 0 bridgehead atoms. The van der Waals surface area contributed by atoms with Crippen molar-refractivity contribution in [2.24, 2.45) is 0 Å². The molecule has 0 spiro atoms. The van der Waals surface area contributed by atoms with Crippen LogP contribution in [0.5, 0.6) is 0 Å². The van der Waals surface area contributed by atoms with Gasteiger partial charge in [0.05, 0.1) is 6.61 Å². The van der Waals surface area contributed by atoms with Crippen LogP contribution in [0, 0.1) is 0 Å². The molecule has 0 saturated heterocycles. The van der Waals surface area contributed by atoms with Gasteiger partial charge in [0.2, 0.25) is 0 Å². The van der Waals surface area contributed by atoms with Crippen LogP contribution in [-0.2, 0) is 9.53 Å². The molecule has 178 valence electrons. The molecule has 0 fully saturated rings. The molecule has 0 amide bonds. The number of hydrogen-bond acceptors (Lipinski definition) is 2. The van der Waals surface area contributed by atoms with Gasteiger partial charge in [0, 0.05) is 6.42 Å². The molecule has 0 aliphatic carbocycles. The summed E-state index contributed by atoms with van der Waals surface area (Å²) in [6.45, 7) is 5.00. The molecule has 0 N–H and O–H groups in total. The van der Waals surface area contributed by atoms with Crippen molar-refractivity contribution in [1.29, 1.82) is 0 Å². The normalized spacial score (nSPS) is 11.4. The highest BCUT2D eigenvalue weighted by atomic mass is 16.5. The zero-order valence-electron chi connectivity index (χ0n) is 20.7. The lowest BCUT2D eigenvalue weighted by atomic mass is 10.0. The van der Waals surface area contributed by atoms with E-state index in [2.05, 4.69) is 26.0 Å². The topological polar surface area (TPSA) is 26.3 Å². The summed E-state index contributed by atoms with van der Waals surface area (Å²) in [5.41, 5.74) is 0. The summed E-state index contributed by atoms with van der Waals surface area (Å²) < 4.78 is 5.18. The molecule has 0 atom stereocenters. The van der Waals surface area contributed by atoms with Crippen LogP contribution >= 0.6 is 0 Å². The Bertz CT molecular complexity index is 362. The SMILES string of the molecule is CCCCCCCC/C=C\CCCCCCCCCCCCCC(=O)OCCCC. The fourth-order valence-corrected chi connectivity index (χ4v) is 3.80. The molecule has 30 heavy (non-hydrogen) atoms. The van der Waals surface area contributed by atoms with Crippen molar-refractivity contribution in [1.82, 2.24) is 0 Å². The second-order valence-electron chi connectivity index (χ2n) is 9.03. The van der Waals surface area contributed by atoms with Crippen molar-refractivity contribution >= 4 is 5.97 Å². The molecule has 0 unspecified atom stereocenters. The maximum absolute atomic E-state index is 11.5. The zero-order valence-corrected chi connectivity index (χ0v) is 20.7. The van der Waals surface area contributed by atoms with Gasteiger partial charge in [-0.2, -0.15) is 0 Å². The second-order valence-corrected chi connectivity index (χ2v) is 9.03. The van der Waals surface area contributed by atoms with Gasteiger partial charge in [0.15, 0.2) is 0 Å². The van der Waals surface area contributed by atoms with Crippen LogP contribution in [0.1, 0.15) is 155 Å². The van der Waals surface area contributed by atoms with E-state index in [4.69, 9.17) is 4.74 Å². The lowest BCUT2D eigenvalue weighted by molar-refractivity contribution is -0.143. The van der Waals surface area contributed by atoms with Crippen molar-refractivity contribution in [2.75, 3.05) is 6.61 Å². The molecule has 0 heterocycles. The van der Waals surface area contributed by atoms with Crippen molar-refractivity contribution in [3.63, 3.8) is 0 Å². The first-order valence-corrected chi connectivity index (χ1v) is 13.6. The maximum Gasteiger partial charge on any atom is 0.305 e. The van der Waals surface area contributed by atoms with Gasteiger partial charge >= 0.3 is 5.97 Å². The minimum absolute atomic E-state index is 0.00301. The smallest absolute Gasteiger partial charge is 0.305 e. The molecular weight excluding hydrogens is 368 g/mol. The molecule has 0 radical (unpaired) electrons. The number of ether oxygens (including phenoxy) is 1. The van der Waals surface area contributed by atoms with Gasteiger partial charge in [-0.25, -0.2) is 0 Å². The van der Waals surface area contributed by atoms with Crippen molar-refractivity contribution in [3.05, 3.63) is 12.2 Å². The Balaban J connectivity index is 3.12. The van der Waals surface area contributed by atoms with Gasteiger partial charge in [0.1, 0.15) is 0 Å². The van der Waals surface area contributed by atoms with E-state index in [9.17, 15) is 4.79 Å². The fourth-order valence-electron chi connectivity index (χ4n) is 3.80. The van der Waals surface area contributed by atoms with Crippen LogP contribution < -0.4 is 0 Å². The molecule has 0 aromatic rings. The number of hydrogen-bond donors (Lipinski definition) is 0. The Labute approximate surface area is 189 Å². The van der Waals surface area contributed by atoms with E-state index in [1.54, 1.807) is 0 Å². The Morgan fingerprint density at radius 2 is 0.933 bits per heavy atom. The summed E-state index contributed by atoms with van der Waals surface area (Å²) in [6, 6.07) is 0. The molecule has 0 aliphatic rings. The van der Waals surface area contributed by atoms with Crippen LogP contribution in [0.3, 0.4) is 0 Å². The average Bonchev–Trinajstić information content (AvgIpc) is 2.75. The summed E-state index contributed by atoms with van der Waals surface area (Å²) in [4.78, 5) is 11.5. The van der Waals surface area contributed by atoms with Crippen LogP contribution in [0.2, 0.25) is 0 Å². The first-order valence-electron chi connectivity index (χ1n) is 13.6. The van der Waals surface area contributed by atoms with Crippen LogP contribution in [0.4, 0.5) is 0 Å². The van der Waals surface area contributed by atoms with Crippen molar-refractivity contribution in [3.8, 4) is 0 Å². The fraction of sp³-hybridized carbons (Fsp3) is 0.893. The Hall–Kier alpha value is -0.790. The predicted octanol–water partition coefficient (Wildman–Crippen LogP) is 9.71. The Morgan fingerprint density at radius 1 is 0.533 bits per heavy atom.